The predicted molar refractivity (Wildman–Crippen MR) is 156 cm³/mol. The molecule has 0 saturated carbocycles. The molecule has 0 bridgehead atoms. The number of aromatic nitrogens is 2. The predicted octanol–water partition coefficient (Wildman–Crippen LogP) is 6.38. The van der Waals surface area contributed by atoms with Gasteiger partial charge < -0.3 is 10.6 Å². The van der Waals surface area contributed by atoms with Gasteiger partial charge in [-0.3, -0.25) is 4.79 Å². The highest BCUT2D eigenvalue weighted by Gasteiger charge is 2.22. The fourth-order valence-corrected chi connectivity index (χ4v) is 5.12. The van der Waals surface area contributed by atoms with Crippen molar-refractivity contribution in [2.75, 3.05) is 10.6 Å². The van der Waals surface area contributed by atoms with Crippen molar-refractivity contribution in [3.05, 3.63) is 108 Å². The zero-order valence-electron chi connectivity index (χ0n) is 22.6. The van der Waals surface area contributed by atoms with Crippen molar-refractivity contribution in [1.29, 1.82) is 0 Å². The Bertz CT molecular complexity index is 1650. The lowest BCUT2D eigenvalue weighted by Crippen LogP contribution is -2.40. The molecule has 1 heterocycles. The van der Waals surface area contributed by atoms with Crippen LogP contribution in [0.25, 0.3) is 6.08 Å². The zero-order chi connectivity index (χ0) is 28.9. The Balaban J connectivity index is 1.45. The maximum Gasteiger partial charge on any atom is 0.241 e. The molecule has 10 heteroatoms. The Morgan fingerprint density at radius 3 is 2.30 bits per heavy atom. The summed E-state index contributed by atoms with van der Waals surface area (Å²) in [7, 11) is -3.70. The molecule has 0 spiro atoms. The Labute approximate surface area is 233 Å². The Morgan fingerprint density at radius 1 is 0.925 bits per heavy atom. The van der Waals surface area contributed by atoms with Crippen molar-refractivity contribution in [2.24, 2.45) is 0 Å². The van der Waals surface area contributed by atoms with Gasteiger partial charge in [-0.15, -0.1) is 0 Å². The number of anilines is 4. The highest BCUT2D eigenvalue weighted by Crippen LogP contribution is 2.24. The van der Waals surface area contributed by atoms with E-state index in [-0.39, 0.29) is 16.5 Å². The van der Waals surface area contributed by atoms with Gasteiger partial charge in [-0.05, 0) is 93.9 Å². The van der Waals surface area contributed by atoms with Crippen LogP contribution in [-0.2, 0) is 10.0 Å². The molecule has 0 fully saturated rings. The van der Waals surface area contributed by atoms with E-state index in [0.717, 1.165) is 11.1 Å². The molecule has 0 atom stereocenters. The SMILES string of the molecule is Cc1cnc(Nc2ccc(C(=O)/C=C/c3ccc(F)cc3)cc2)nc1Nc1cccc(S(=O)(=O)NC(C)(C)C)c1. The molecule has 3 N–H and O–H groups in total. The van der Waals surface area contributed by atoms with Gasteiger partial charge in [0.15, 0.2) is 5.78 Å². The van der Waals surface area contributed by atoms with Crippen LogP contribution in [0.1, 0.15) is 42.3 Å². The summed E-state index contributed by atoms with van der Waals surface area (Å²) in [4.78, 5) is 21.5. The van der Waals surface area contributed by atoms with Gasteiger partial charge in [0, 0.05) is 34.2 Å². The van der Waals surface area contributed by atoms with Gasteiger partial charge in [-0.2, -0.15) is 4.98 Å². The minimum atomic E-state index is -3.70. The Kier molecular flexibility index (Phi) is 8.41. The highest BCUT2D eigenvalue weighted by molar-refractivity contribution is 7.89. The monoisotopic (exact) mass is 559 g/mol. The number of hydrogen-bond donors (Lipinski definition) is 3. The second kappa shape index (κ2) is 11.8. The molecule has 3 aromatic carbocycles. The molecule has 0 saturated heterocycles. The molecule has 206 valence electrons. The van der Waals surface area contributed by atoms with Crippen LogP contribution < -0.4 is 15.4 Å². The third-order valence-electron chi connectivity index (χ3n) is 5.54. The first-order valence-electron chi connectivity index (χ1n) is 12.5. The van der Waals surface area contributed by atoms with E-state index < -0.39 is 15.6 Å². The summed E-state index contributed by atoms with van der Waals surface area (Å²) in [5, 5.41) is 6.29. The van der Waals surface area contributed by atoms with Crippen molar-refractivity contribution in [3.8, 4) is 0 Å². The number of ketones is 1. The van der Waals surface area contributed by atoms with E-state index in [4.69, 9.17) is 0 Å². The lowest BCUT2D eigenvalue weighted by Gasteiger charge is -2.20. The first-order chi connectivity index (χ1) is 18.9. The highest BCUT2D eigenvalue weighted by atomic mass is 32.2. The van der Waals surface area contributed by atoms with Crippen LogP contribution in [-0.4, -0.2) is 29.7 Å². The number of allylic oxidation sites excluding steroid dienone is 1. The molecule has 0 unspecified atom stereocenters. The number of halogens is 1. The summed E-state index contributed by atoms with van der Waals surface area (Å²) >= 11 is 0. The minimum Gasteiger partial charge on any atom is -0.340 e. The third kappa shape index (κ3) is 7.81. The largest absolute Gasteiger partial charge is 0.340 e. The van der Waals surface area contributed by atoms with E-state index >= 15 is 0 Å². The maximum absolute atomic E-state index is 13.1. The van der Waals surface area contributed by atoms with E-state index in [1.807, 2.05) is 6.92 Å². The molecule has 0 aliphatic heterocycles. The number of carbonyl (C=O) groups is 1. The van der Waals surface area contributed by atoms with Crippen LogP contribution in [0.5, 0.6) is 0 Å². The first-order valence-corrected chi connectivity index (χ1v) is 14.0. The van der Waals surface area contributed by atoms with Crippen LogP contribution in [0.4, 0.5) is 27.5 Å². The summed E-state index contributed by atoms with van der Waals surface area (Å²) in [5.74, 6) is 0.312. The number of carbonyl (C=O) groups excluding carboxylic acids is 1. The molecule has 0 aliphatic carbocycles. The van der Waals surface area contributed by atoms with Crippen LogP contribution in [0.2, 0.25) is 0 Å². The van der Waals surface area contributed by atoms with Crippen molar-refractivity contribution in [1.82, 2.24) is 14.7 Å². The number of hydrogen-bond acceptors (Lipinski definition) is 7. The van der Waals surface area contributed by atoms with Gasteiger partial charge in [0.1, 0.15) is 11.6 Å². The standard InChI is InChI=1S/C30H30FN5O3S/c1-20-19-32-29(35-28(20)33-25-6-5-7-26(18-25)40(38,39)36-30(2,3)4)34-24-15-11-22(12-16-24)27(37)17-10-21-8-13-23(31)14-9-21/h5-19,36H,1-4H3,(H2,32,33,34,35)/b17-10+. The summed E-state index contributed by atoms with van der Waals surface area (Å²) < 4.78 is 41.2. The summed E-state index contributed by atoms with van der Waals surface area (Å²) in [6, 6.07) is 19.2. The molecular weight excluding hydrogens is 529 g/mol. The first kappa shape index (κ1) is 28.6. The number of nitrogens with one attached hydrogen (secondary N) is 3. The van der Waals surface area contributed by atoms with E-state index in [2.05, 4.69) is 25.3 Å². The fourth-order valence-electron chi connectivity index (χ4n) is 3.66. The maximum atomic E-state index is 13.1. The van der Waals surface area contributed by atoms with E-state index in [0.29, 0.717) is 28.7 Å². The fraction of sp³-hybridized carbons (Fsp3) is 0.167. The smallest absolute Gasteiger partial charge is 0.241 e. The van der Waals surface area contributed by atoms with Gasteiger partial charge in [-0.25, -0.2) is 22.5 Å². The second-order valence-corrected chi connectivity index (χ2v) is 11.9. The van der Waals surface area contributed by atoms with E-state index in [1.54, 1.807) is 87.6 Å². The van der Waals surface area contributed by atoms with Crippen LogP contribution >= 0.6 is 0 Å². The third-order valence-corrected chi connectivity index (χ3v) is 7.30. The van der Waals surface area contributed by atoms with Crippen molar-refractivity contribution in [3.63, 3.8) is 0 Å². The molecule has 4 aromatic rings. The molecule has 0 aliphatic rings. The van der Waals surface area contributed by atoms with E-state index in [1.165, 1.54) is 24.3 Å². The van der Waals surface area contributed by atoms with Crippen molar-refractivity contribution in [2.45, 2.75) is 38.1 Å². The number of nitrogens with zero attached hydrogens (tertiary/aromatic N) is 2. The Hall–Kier alpha value is -4.41. The quantitative estimate of drug-likeness (QED) is 0.161. The van der Waals surface area contributed by atoms with Gasteiger partial charge in [0.05, 0.1) is 4.90 Å². The minimum absolute atomic E-state index is 0.139. The average molecular weight is 560 g/mol. The number of benzene rings is 3. The summed E-state index contributed by atoms with van der Waals surface area (Å²) in [6.45, 7) is 7.19. The van der Waals surface area contributed by atoms with Crippen LogP contribution in [0.3, 0.4) is 0 Å². The van der Waals surface area contributed by atoms with E-state index in [9.17, 15) is 17.6 Å². The van der Waals surface area contributed by atoms with Gasteiger partial charge >= 0.3 is 0 Å². The Morgan fingerprint density at radius 2 is 1.62 bits per heavy atom. The molecule has 1 aromatic heterocycles. The molecule has 40 heavy (non-hydrogen) atoms. The molecular formula is C30H30FN5O3S. The lowest BCUT2D eigenvalue weighted by molar-refractivity contribution is 0.104. The normalized spacial score (nSPS) is 11.9. The van der Waals surface area contributed by atoms with Gasteiger partial charge in [0.25, 0.3) is 0 Å². The summed E-state index contributed by atoms with van der Waals surface area (Å²) in [6.07, 6.45) is 4.72. The average Bonchev–Trinajstić information content (AvgIpc) is 2.89. The van der Waals surface area contributed by atoms with Crippen molar-refractivity contribution >= 4 is 45.0 Å². The van der Waals surface area contributed by atoms with Gasteiger partial charge in [-0.1, -0.05) is 24.3 Å². The van der Waals surface area contributed by atoms with Crippen LogP contribution in [0, 0.1) is 12.7 Å². The lowest BCUT2D eigenvalue weighted by atomic mass is 10.1. The topological polar surface area (TPSA) is 113 Å². The molecule has 8 nitrogen and oxygen atoms in total. The zero-order valence-corrected chi connectivity index (χ0v) is 23.4. The number of sulfonamides is 1. The number of rotatable bonds is 9. The molecule has 0 radical (unpaired) electrons. The van der Waals surface area contributed by atoms with Crippen molar-refractivity contribution < 1.29 is 17.6 Å². The van der Waals surface area contributed by atoms with Crippen LogP contribution in [0.15, 0.2) is 90.0 Å². The second-order valence-electron chi connectivity index (χ2n) is 10.2. The summed E-state index contributed by atoms with van der Waals surface area (Å²) in [5.41, 5.74) is 2.60. The number of aryl methyl sites for hydroxylation is 1. The molecule has 0 amide bonds. The molecule has 4 rings (SSSR count). The van der Waals surface area contributed by atoms with Gasteiger partial charge in [0.2, 0.25) is 16.0 Å².